The van der Waals surface area contributed by atoms with Gasteiger partial charge in [0.25, 0.3) is 5.91 Å². The Hall–Kier alpha value is -1.84. The van der Waals surface area contributed by atoms with Crippen LogP contribution in [0.15, 0.2) is 24.3 Å². The summed E-state index contributed by atoms with van der Waals surface area (Å²) in [5.41, 5.74) is 1.01. The van der Waals surface area contributed by atoms with E-state index in [-0.39, 0.29) is 12.3 Å². The zero-order chi connectivity index (χ0) is 15.2. The van der Waals surface area contributed by atoms with Crippen LogP contribution in [-0.2, 0) is 11.2 Å². The molecule has 0 unspecified atom stereocenters. The maximum Gasteiger partial charge on any atom is 0.305 e. The normalized spacial score (nSPS) is 11.2. The molecule has 0 aliphatic rings. The van der Waals surface area contributed by atoms with E-state index in [4.69, 9.17) is 5.11 Å². The topological polar surface area (TPSA) is 66.4 Å². The van der Waals surface area contributed by atoms with Crippen molar-refractivity contribution in [3.05, 3.63) is 35.4 Å². The van der Waals surface area contributed by atoms with Crippen LogP contribution in [0.2, 0.25) is 0 Å². The molecule has 110 valence electrons. The molecule has 1 rings (SSSR count). The van der Waals surface area contributed by atoms with Gasteiger partial charge in [0.05, 0.1) is 6.42 Å². The standard InChI is InChI=1S/C16H23NO3/c1-4-5-6-12-7-9-13(10-8-12)15(20)17-16(2,3)11-14(18)19/h7-10H,4-6,11H2,1-3H3,(H,17,20)(H,18,19). The fraction of sp³-hybridized carbons (Fsp3) is 0.500. The first kappa shape index (κ1) is 16.2. The SMILES string of the molecule is CCCCc1ccc(C(=O)NC(C)(C)CC(=O)O)cc1. The third kappa shape index (κ3) is 5.43. The summed E-state index contributed by atoms with van der Waals surface area (Å²) < 4.78 is 0. The monoisotopic (exact) mass is 277 g/mol. The molecule has 0 aromatic heterocycles. The van der Waals surface area contributed by atoms with Crippen molar-refractivity contribution in [3.8, 4) is 0 Å². The number of aliphatic carboxylic acids is 1. The summed E-state index contributed by atoms with van der Waals surface area (Å²) in [5.74, 6) is -1.16. The van der Waals surface area contributed by atoms with Gasteiger partial charge in [0.2, 0.25) is 0 Å². The molecule has 0 spiro atoms. The van der Waals surface area contributed by atoms with Crippen LogP contribution in [0.1, 0.15) is 56.0 Å². The van der Waals surface area contributed by atoms with Gasteiger partial charge in [-0.3, -0.25) is 9.59 Å². The molecule has 4 heteroatoms. The second kappa shape index (κ2) is 7.08. The maximum absolute atomic E-state index is 12.1. The van der Waals surface area contributed by atoms with E-state index in [1.807, 2.05) is 12.1 Å². The highest BCUT2D eigenvalue weighted by Crippen LogP contribution is 2.12. The molecule has 1 amide bonds. The van der Waals surface area contributed by atoms with Crippen molar-refractivity contribution in [1.29, 1.82) is 0 Å². The zero-order valence-electron chi connectivity index (χ0n) is 12.4. The average Bonchev–Trinajstić information content (AvgIpc) is 2.34. The summed E-state index contributed by atoms with van der Waals surface area (Å²) in [4.78, 5) is 22.8. The summed E-state index contributed by atoms with van der Waals surface area (Å²) in [6, 6.07) is 7.48. The molecule has 4 nitrogen and oxygen atoms in total. The summed E-state index contributed by atoms with van der Waals surface area (Å²) in [6.07, 6.45) is 3.19. The van der Waals surface area contributed by atoms with E-state index in [1.54, 1.807) is 26.0 Å². The lowest BCUT2D eigenvalue weighted by molar-refractivity contribution is -0.138. The molecule has 0 atom stereocenters. The molecule has 0 heterocycles. The Morgan fingerprint density at radius 2 is 1.80 bits per heavy atom. The van der Waals surface area contributed by atoms with Crippen LogP contribution in [0.4, 0.5) is 0 Å². The summed E-state index contributed by atoms with van der Waals surface area (Å²) >= 11 is 0. The molecule has 1 aromatic rings. The first-order chi connectivity index (χ1) is 9.34. The number of carbonyl (C=O) groups excluding carboxylic acids is 1. The van der Waals surface area contributed by atoms with Gasteiger partial charge in [-0.15, -0.1) is 0 Å². The number of benzene rings is 1. The van der Waals surface area contributed by atoms with E-state index in [0.29, 0.717) is 5.56 Å². The van der Waals surface area contributed by atoms with Gasteiger partial charge in [0, 0.05) is 11.1 Å². The minimum absolute atomic E-state index is 0.104. The lowest BCUT2D eigenvalue weighted by Crippen LogP contribution is -2.44. The quantitative estimate of drug-likeness (QED) is 0.805. The molecule has 0 aliphatic heterocycles. The van der Waals surface area contributed by atoms with Crippen molar-refractivity contribution in [3.63, 3.8) is 0 Å². The van der Waals surface area contributed by atoms with Gasteiger partial charge in [-0.2, -0.15) is 0 Å². The Morgan fingerprint density at radius 1 is 1.20 bits per heavy atom. The van der Waals surface area contributed by atoms with Crippen LogP contribution in [0.3, 0.4) is 0 Å². The number of nitrogens with one attached hydrogen (secondary N) is 1. The van der Waals surface area contributed by atoms with E-state index < -0.39 is 11.5 Å². The fourth-order valence-electron chi connectivity index (χ4n) is 2.01. The Balaban J connectivity index is 2.65. The van der Waals surface area contributed by atoms with Crippen LogP contribution < -0.4 is 5.32 Å². The number of rotatable bonds is 7. The second-order valence-corrected chi connectivity index (χ2v) is 5.71. The predicted octanol–water partition coefficient (Wildman–Crippen LogP) is 3.01. The highest BCUT2D eigenvalue weighted by molar-refractivity contribution is 5.94. The van der Waals surface area contributed by atoms with E-state index >= 15 is 0 Å². The number of carboxylic acid groups (broad SMARTS) is 1. The predicted molar refractivity (Wildman–Crippen MR) is 78.9 cm³/mol. The molecule has 0 saturated heterocycles. The number of hydrogen-bond acceptors (Lipinski definition) is 2. The van der Waals surface area contributed by atoms with Crippen molar-refractivity contribution in [2.45, 2.75) is 52.0 Å². The summed E-state index contributed by atoms with van der Waals surface area (Å²) in [6.45, 7) is 5.55. The Labute approximate surface area is 120 Å². The number of hydrogen-bond donors (Lipinski definition) is 2. The number of carbonyl (C=O) groups is 2. The lowest BCUT2D eigenvalue weighted by atomic mass is 9.99. The zero-order valence-corrected chi connectivity index (χ0v) is 12.4. The van der Waals surface area contributed by atoms with Crippen LogP contribution in [0.5, 0.6) is 0 Å². The smallest absolute Gasteiger partial charge is 0.305 e. The van der Waals surface area contributed by atoms with Crippen molar-refractivity contribution in [2.24, 2.45) is 0 Å². The average molecular weight is 277 g/mol. The van der Waals surface area contributed by atoms with Gasteiger partial charge in [0.1, 0.15) is 0 Å². The van der Waals surface area contributed by atoms with Gasteiger partial charge >= 0.3 is 5.97 Å². The molecule has 0 fully saturated rings. The van der Waals surface area contributed by atoms with Gasteiger partial charge in [-0.25, -0.2) is 0 Å². The molecule has 0 saturated carbocycles. The van der Waals surface area contributed by atoms with Gasteiger partial charge in [-0.1, -0.05) is 25.5 Å². The highest BCUT2D eigenvalue weighted by atomic mass is 16.4. The fourth-order valence-corrected chi connectivity index (χ4v) is 2.01. The van der Waals surface area contributed by atoms with E-state index in [2.05, 4.69) is 12.2 Å². The number of aryl methyl sites for hydroxylation is 1. The Bertz CT molecular complexity index is 463. The lowest BCUT2D eigenvalue weighted by Gasteiger charge is -2.24. The number of carboxylic acids is 1. The minimum Gasteiger partial charge on any atom is -0.481 e. The molecular weight excluding hydrogens is 254 g/mol. The third-order valence-electron chi connectivity index (χ3n) is 3.08. The third-order valence-corrected chi connectivity index (χ3v) is 3.08. The molecule has 2 N–H and O–H groups in total. The van der Waals surface area contributed by atoms with E-state index in [1.165, 1.54) is 5.56 Å². The summed E-state index contributed by atoms with van der Waals surface area (Å²) in [5, 5.41) is 11.5. The van der Waals surface area contributed by atoms with Gasteiger partial charge < -0.3 is 10.4 Å². The first-order valence-electron chi connectivity index (χ1n) is 6.97. The van der Waals surface area contributed by atoms with Crippen molar-refractivity contribution in [2.75, 3.05) is 0 Å². The van der Waals surface area contributed by atoms with Crippen molar-refractivity contribution < 1.29 is 14.7 Å². The maximum atomic E-state index is 12.1. The van der Waals surface area contributed by atoms with Crippen molar-refractivity contribution >= 4 is 11.9 Å². The molecule has 0 bridgehead atoms. The molecule has 0 radical (unpaired) electrons. The van der Waals surface area contributed by atoms with E-state index in [0.717, 1.165) is 19.3 Å². The largest absolute Gasteiger partial charge is 0.481 e. The highest BCUT2D eigenvalue weighted by Gasteiger charge is 2.24. The molecule has 1 aromatic carbocycles. The van der Waals surface area contributed by atoms with Crippen LogP contribution in [0.25, 0.3) is 0 Å². The summed E-state index contributed by atoms with van der Waals surface area (Å²) in [7, 11) is 0. The minimum atomic E-state index is -0.926. The van der Waals surface area contributed by atoms with Gasteiger partial charge in [-0.05, 0) is 44.4 Å². The molecular formula is C16H23NO3. The van der Waals surface area contributed by atoms with Crippen LogP contribution in [-0.4, -0.2) is 22.5 Å². The number of amides is 1. The number of unbranched alkanes of at least 4 members (excludes halogenated alkanes) is 1. The Morgan fingerprint density at radius 3 is 2.30 bits per heavy atom. The van der Waals surface area contributed by atoms with Crippen molar-refractivity contribution in [1.82, 2.24) is 5.32 Å². The molecule has 0 aliphatic carbocycles. The first-order valence-corrected chi connectivity index (χ1v) is 6.97. The second-order valence-electron chi connectivity index (χ2n) is 5.71. The van der Waals surface area contributed by atoms with Crippen LogP contribution in [0, 0.1) is 0 Å². The van der Waals surface area contributed by atoms with Crippen LogP contribution >= 0.6 is 0 Å². The molecule has 20 heavy (non-hydrogen) atoms. The Kier molecular flexibility index (Phi) is 5.74. The van der Waals surface area contributed by atoms with Gasteiger partial charge in [0.15, 0.2) is 0 Å². The van der Waals surface area contributed by atoms with E-state index in [9.17, 15) is 9.59 Å².